The van der Waals surface area contributed by atoms with E-state index >= 15 is 0 Å². The average Bonchev–Trinajstić information content (AvgIpc) is 3.85. The molecule has 0 N–H and O–H groups in total. The number of nitrogens with zero attached hydrogens (tertiary/aromatic N) is 3. The molecule has 1 spiro atoms. The van der Waals surface area contributed by atoms with Crippen molar-refractivity contribution in [2.75, 3.05) is 0 Å². The van der Waals surface area contributed by atoms with Crippen molar-refractivity contribution >= 4 is 53.1 Å². The second-order valence-electron chi connectivity index (χ2n) is 13.9. The van der Waals surface area contributed by atoms with Crippen molar-refractivity contribution in [2.45, 2.75) is 5.41 Å². The smallest absolute Gasteiger partial charge is 0.165 e. The van der Waals surface area contributed by atoms with E-state index in [1.807, 2.05) is 18.2 Å². The summed E-state index contributed by atoms with van der Waals surface area (Å²) in [5.41, 5.74) is 10.4. The molecule has 0 fully saturated rings. The fraction of sp³-hybridized carbons (Fsp3) is 0.0208. The first kappa shape index (κ1) is 28.2. The molecular weight excluding hydrogens is 651 g/mol. The van der Waals surface area contributed by atoms with Crippen molar-refractivity contribution in [3.05, 3.63) is 186 Å². The molecule has 52 heavy (non-hydrogen) atoms. The van der Waals surface area contributed by atoms with E-state index in [2.05, 4.69) is 146 Å². The molecule has 0 atom stereocenters. The highest BCUT2D eigenvalue weighted by atomic mass is 32.1. The summed E-state index contributed by atoms with van der Waals surface area (Å²) in [5.74, 6) is 2.02. The van der Waals surface area contributed by atoms with E-state index in [1.165, 1.54) is 75.1 Å². The maximum atomic E-state index is 5.27. The van der Waals surface area contributed by atoms with E-state index in [9.17, 15) is 0 Å². The first-order valence-electron chi connectivity index (χ1n) is 17.7. The Kier molecular flexibility index (Phi) is 5.58. The van der Waals surface area contributed by atoms with Gasteiger partial charge in [0.2, 0.25) is 0 Å². The summed E-state index contributed by atoms with van der Waals surface area (Å²) < 4.78 is 2.45. The fourth-order valence-electron chi connectivity index (χ4n) is 9.19. The van der Waals surface area contributed by atoms with Gasteiger partial charge in [-0.15, -0.1) is 11.3 Å². The maximum absolute atomic E-state index is 5.27. The van der Waals surface area contributed by atoms with Gasteiger partial charge in [0.25, 0.3) is 0 Å². The molecule has 4 heteroatoms. The summed E-state index contributed by atoms with van der Waals surface area (Å²) in [4.78, 5) is 15.6. The number of thiophene rings is 1. The van der Waals surface area contributed by atoms with Crippen molar-refractivity contribution in [3.63, 3.8) is 0 Å². The van der Waals surface area contributed by atoms with Crippen LogP contribution in [0.5, 0.6) is 0 Å². The molecule has 2 aromatic heterocycles. The maximum Gasteiger partial charge on any atom is 0.165 e. The Morgan fingerprint density at radius 2 is 0.981 bits per heavy atom. The van der Waals surface area contributed by atoms with Gasteiger partial charge in [-0.1, -0.05) is 146 Å². The van der Waals surface area contributed by atoms with Gasteiger partial charge in [0, 0.05) is 36.9 Å². The molecule has 10 aromatic rings. The molecule has 12 rings (SSSR count). The molecule has 0 bridgehead atoms. The van der Waals surface area contributed by atoms with Gasteiger partial charge in [0.15, 0.2) is 17.5 Å². The Labute approximate surface area is 303 Å². The first-order chi connectivity index (χ1) is 25.8. The number of hydrogen-bond donors (Lipinski definition) is 0. The molecule has 0 saturated carbocycles. The van der Waals surface area contributed by atoms with Gasteiger partial charge in [-0.05, 0) is 73.1 Å². The summed E-state index contributed by atoms with van der Waals surface area (Å²) >= 11 is 1.80. The lowest BCUT2D eigenvalue weighted by atomic mass is 9.70. The summed E-state index contributed by atoms with van der Waals surface area (Å²) in [6.45, 7) is 0. The third-order valence-corrected chi connectivity index (χ3v) is 12.5. The van der Waals surface area contributed by atoms with Crippen molar-refractivity contribution in [3.8, 4) is 45.3 Å². The van der Waals surface area contributed by atoms with Gasteiger partial charge in [0.1, 0.15) is 0 Å². The molecule has 0 unspecified atom stereocenters. The number of hydrogen-bond acceptors (Lipinski definition) is 4. The zero-order valence-electron chi connectivity index (χ0n) is 27.8. The second kappa shape index (κ2) is 10.3. The molecule has 0 radical (unpaired) electrons. The molecule has 3 nitrogen and oxygen atoms in total. The van der Waals surface area contributed by atoms with E-state index in [0.717, 1.165) is 16.7 Å². The lowest BCUT2D eigenvalue weighted by Gasteiger charge is -2.30. The van der Waals surface area contributed by atoms with E-state index in [-0.39, 0.29) is 0 Å². The van der Waals surface area contributed by atoms with Crippen LogP contribution in [0.2, 0.25) is 0 Å². The lowest BCUT2D eigenvalue weighted by Crippen LogP contribution is -2.26. The minimum atomic E-state index is -0.399. The number of fused-ring (bicyclic) bond motifs is 10. The van der Waals surface area contributed by atoms with Crippen molar-refractivity contribution in [1.82, 2.24) is 15.0 Å². The van der Waals surface area contributed by atoms with Gasteiger partial charge >= 0.3 is 0 Å². The van der Waals surface area contributed by atoms with Gasteiger partial charge in [-0.3, -0.25) is 0 Å². The van der Waals surface area contributed by atoms with E-state index in [4.69, 9.17) is 15.0 Å². The third kappa shape index (κ3) is 3.61. The van der Waals surface area contributed by atoms with E-state index in [1.54, 1.807) is 11.3 Å². The zero-order chi connectivity index (χ0) is 34.0. The highest BCUT2D eigenvalue weighted by Gasteiger charge is 2.50. The van der Waals surface area contributed by atoms with Crippen LogP contribution < -0.4 is 0 Å². The summed E-state index contributed by atoms with van der Waals surface area (Å²) in [5, 5.41) is 7.80. The molecule has 0 saturated heterocycles. The molecule has 0 aliphatic heterocycles. The van der Waals surface area contributed by atoms with Gasteiger partial charge < -0.3 is 0 Å². The van der Waals surface area contributed by atoms with Gasteiger partial charge in [0.05, 0.1) is 5.41 Å². The molecular formula is C48H27N3S. The lowest BCUT2D eigenvalue weighted by molar-refractivity contribution is 0.797. The fourth-order valence-corrected chi connectivity index (χ4v) is 10.4. The monoisotopic (exact) mass is 677 g/mol. The predicted molar refractivity (Wildman–Crippen MR) is 215 cm³/mol. The largest absolute Gasteiger partial charge is 0.208 e. The minimum Gasteiger partial charge on any atom is -0.208 e. The second-order valence-corrected chi connectivity index (χ2v) is 14.9. The number of rotatable bonds is 3. The Morgan fingerprint density at radius 1 is 0.385 bits per heavy atom. The Bertz CT molecular complexity index is 3080. The SMILES string of the molecule is c1ccc(-c2nc(-c3ccc4c(c3)-c3ccccc3C43c4cccc5ccc6cccc3c6c45)nc(-c3cccc4c3sc3ccccc34)n2)cc1. The Hall–Kier alpha value is -6.49. The van der Waals surface area contributed by atoms with Crippen LogP contribution >= 0.6 is 11.3 Å². The predicted octanol–water partition coefficient (Wildman–Crippen LogP) is 12.2. The van der Waals surface area contributed by atoms with Crippen molar-refractivity contribution < 1.29 is 0 Å². The third-order valence-electron chi connectivity index (χ3n) is 11.3. The molecule has 240 valence electrons. The highest BCUT2D eigenvalue weighted by Crippen LogP contribution is 2.62. The number of benzene rings is 8. The normalized spacial score (nSPS) is 13.5. The summed E-state index contributed by atoms with van der Waals surface area (Å²) in [6.07, 6.45) is 0. The Balaban J connectivity index is 1.11. The topological polar surface area (TPSA) is 38.7 Å². The molecule has 2 aliphatic carbocycles. The van der Waals surface area contributed by atoms with Crippen LogP contribution in [0.15, 0.2) is 164 Å². The standard InChI is InChI=1S/C48H27N3S/c1-2-11-30(12-3-1)45-49-46(51-47(50-45)35-18-10-17-34-33-16-5-7-22-41(33)52-44(34)35)31-25-26-38-36(27-31)32-15-4-6-19-37(32)48(38)39-20-8-13-28-23-24-29-14-9-21-40(48)43(29)42(28)39/h1-27H. The van der Waals surface area contributed by atoms with Crippen molar-refractivity contribution in [2.24, 2.45) is 0 Å². The zero-order valence-corrected chi connectivity index (χ0v) is 28.7. The summed E-state index contributed by atoms with van der Waals surface area (Å²) in [6, 6.07) is 59.4. The minimum absolute atomic E-state index is 0.399. The molecule has 2 heterocycles. The van der Waals surface area contributed by atoms with Crippen LogP contribution in [0, 0.1) is 0 Å². The van der Waals surface area contributed by atoms with Crippen LogP contribution in [0.3, 0.4) is 0 Å². The van der Waals surface area contributed by atoms with E-state index < -0.39 is 5.41 Å². The van der Waals surface area contributed by atoms with Crippen LogP contribution in [0.25, 0.3) is 87.0 Å². The summed E-state index contributed by atoms with van der Waals surface area (Å²) in [7, 11) is 0. The van der Waals surface area contributed by atoms with Gasteiger partial charge in [-0.25, -0.2) is 15.0 Å². The quantitative estimate of drug-likeness (QED) is 0.175. The molecule has 8 aromatic carbocycles. The van der Waals surface area contributed by atoms with E-state index in [0.29, 0.717) is 17.5 Å². The molecule has 0 amide bonds. The first-order valence-corrected chi connectivity index (χ1v) is 18.5. The van der Waals surface area contributed by atoms with Crippen LogP contribution in [0.4, 0.5) is 0 Å². The van der Waals surface area contributed by atoms with Gasteiger partial charge in [-0.2, -0.15) is 0 Å². The highest BCUT2D eigenvalue weighted by molar-refractivity contribution is 7.26. The molecule has 2 aliphatic rings. The van der Waals surface area contributed by atoms with Crippen molar-refractivity contribution in [1.29, 1.82) is 0 Å². The van der Waals surface area contributed by atoms with Crippen LogP contribution in [-0.4, -0.2) is 15.0 Å². The van der Waals surface area contributed by atoms with Crippen LogP contribution in [-0.2, 0) is 5.41 Å². The van der Waals surface area contributed by atoms with Crippen LogP contribution in [0.1, 0.15) is 22.3 Å². The average molecular weight is 678 g/mol. The number of aromatic nitrogens is 3. The Morgan fingerprint density at radius 3 is 1.79 bits per heavy atom.